The molecule has 3 rings (SSSR count). The van der Waals surface area contributed by atoms with E-state index in [4.69, 9.17) is 0 Å². The van der Waals surface area contributed by atoms with E-state index in [2.05, 4.69) is 15.3 Å². The van der Waals surface area contributed by atoms with Gasteiger partial charge < -0.3 is 10.3 Å². The fraction of sp³-hybridized carbons (Fsp3) is 0.150. The van der Waals surface area contributed by atoms with E-state index in [1.807, 2.05) is 31.2 Å². The number of carbonyl (C=O) groups excluding carboxylic acids is 1. The maximum absolute atomic E-state index is 13.7. The Kier molecular flexibility index (Phi) is 6.03. The number of hydrogen-bond donors (Lipinski definition) is 2. The topological polar surface area (TPSA) is 74.8 Å². The molecule has 3 aromatic rings. The van der Waals surface area contributed by atoms with Gasteiger partial charge in [-0.15, -0.1) is 0 Å². The zero-order chi connectivity index (χ0) is 19.2. The molecular weight excluding hydrogens is 365 g/mol. The fourth-order valence-corrected chi connectivity index (χ4v) is 3.29. The van der Waals surface area contributed by atoms with Gasteiger partial charge in [-0.25, -0.2) is 9.37 Å². The summed E-state index contributed by atoms with van der Waals surface area (Å²) in [7, 11) is 0. The molecule has 0 aliphatic carbocycles. The maximum Gasteiger partial charge on any atom is 0.251 e. The molecule has 2 aromatic carbocycles. The molecule has 0 fully saturated rings. The summed E-state index contributed by atoms with van der Waals surface area (Å²) in [5.41, 5.74) is 2.32. The molecule has 2 N–H and O–H groups in total. The van der Waals surface area contributed by atoms with E-state index < -0.39 is 0 Å². The van der Waals surface area contributed by atoms with Crippen molar-refractivity contribution in [1.82, 2.24) is 9.97 Å². The van der Waals surface area contributed by atoms with Crippen molar-refractivity contribution in [2.24, 2.45) is 0 Å². The van der Waals surface area contributed by atoms with Crippen molar-refractivity contribution in [3.8, 4) is 0 Å². The van der Waals surface area contributed by atoms with Crippen LogP contribution in [0.4, 0.5) is 10.1 Å². The van der Waals surface area contributed by atoms with Gasteiger partial charge in [-0.2, -0.15) is 0 Å². The van der Waals surface area contributed by atoms with E-state index in [1.165, 1.54) is 23.9 Å². The normalized spacial score (nSPS) is 10.6. The minimum absolute atomic E-state index is 0.0228. The number of H-pyrrole nitrogens is 1. The van der Waals surface area contributed by atoms with Crippen molar-refractivity contribution < 1.29 is 9.18 Å². The van der Waals surface area contributed by atoms with Crippen LogP contribution in [-0.4, -0.2) is 15.9 Å². The zero-order valence-corrected chi connectivity index (χ0v) is 15.5. The molecule has 0 unspecified atom stereocenters. The third kappa shape index (κ3) is 5.52. The molecule has 0 saturated carbocycles. The van der Waals surface area contributed by atoms with Gasteiger partial charge in [0.15, 0.2) is 5.16 Å². The number of nitrogens with zero attached hydrogens (tertiary/aromatic N) is 1. The highest BCUT2D eigenvalue weighted by Gasteiger charge is 2.09. The molecule has 0 aliphatic rings. The molecule has 0 radical (unpaired) electrons. The van der Waals surface area contributed by atoms with Crippen LogP contribution < -0.4 is 10.9 Å². The minimum Gasteiger partial charge on any atom is -0.326 e. The lowest BCUT2D eigenvalue weighted by molar-refractivity contribution is -0.115. The second kappa shape index (κ2) is 8.64. The van der Waals surface area contributed by atoms with Gasteiger partial charge in [0, 0.05) is 17.5 Å². The van der Waals surface area contributed by atoms with Gasteiger partial charge in [-0.1, -0.05) is 47.7 Å². The van der Waals surface area contributed by atoms with Crippen molar-refractivity contribution in [2.45, 2.75) is 24.3 Å². The summed E-state index contributed by atoms with van der Waals surface area (Å²) in [5, 5.41) is 3.13. The average molecular weight is 383 g/mol. The zero-order valence-electron chi connectivity index (χ0n) is 14.7. The number of amides is 1. The lowest BCUT2D eigenvalue weighted by Crippen LogP contribution is -2.18. The Bertz CT molecular complexity index is 1000. The largest absolute Gasteiger partial charge is 0.326 e. The minimum atomic E-state index is -0.348. The molecule has 0 aliphatic heterocycles. The molecule has 0 bridgehead atoms. The number of aromatic amines is 1. The number of rotatable bonds is 6. The first kappa shape index (κ1) is 18.8. The summed E-state index contributed by atoms with van der Waals surface area (Å²) in [6.07, 6.45) is -0.0228. The Labute approximate surface area is 160 Å². The number of halogens is 1. The van der Waals surface area contributed by atoms with E-state index >= 15 is 0 Å². The quantitative estimate of drug-likeness (QED) is 0.503. The third-order valence-electron chi connectivity index (χ3n) is 3.77. The Hall–Kier alpha value is -2.93. The molecule has 0 spiro atoms. The molecule has 1 aromatic heterocycles. The van der Waals surface area contributed by atoms with Gasteiger partial charge in [-0.3, -0.25) is 9.59 Å². The van der Waals surface area contributed by atoms with Crippen LogP contribution in [0, 0.1) is 12.7 Å². The summed E-state index contributed by atoms with van der Waals surface area (Å²) in [6.45, 7) is 1.96. The van der Waals surface area contributed by atoms with Crippen molar-refractivity contribution in [1.29, 1.82) is 0 Å². The highest BCUT2D eigenvalue weighted by Crippen LogP contribution is 2.20. The lowest BCUT2D eigenvalue weighted by atomic mass is 10.2. The number of aryl methyl sites for hydroxylation is 1. The van der Waals surface area contributed by atoms with Crippen molar-refractivity contribution in [3.63, 3.8) is 0 Å². The first-order valence-electron chi connectivity index (χ1n) is 8.32. The summed E-state index contributed by atoms with van der Waals surface area (Å²) in [4.78, 5) is 31.0. The van der Waals surface area contributed by atoms with Crippen LogP contribution in [0.3, 0.4) is 0 Å². The second-order valence-corrected chi connectivity index (χ2v) is 6.98. The van der Waals surface area contributed by atoms with Gasteiger partial charge >= 0.3 is 0 Å². The van der Waals surface area contributed by atoms with E-state index in [9.17, 15) is 14.0 Å². The molecule has 7 heteroatoms. The second-order valence-electron chi connectivity index (χ2n) is 6.01. The predicted molar refractivity (Wildman–Crippen MR) is 104 cm³/mol. The molecule has 138 valence electrons. The summed E-state index contributed by atoms with van der Waals surface area (Å²) < 4.78 is 13.7. The van der Waals surface area contributed by atoms with Crippen LogP contribution in [0.15, 0.2) is 64.5 Å². The number of hydrogen-bond acceptors (Lipinski definition) is 4. The van der Waals surface area contributed by atoms with E-state index in [0.29, 0.717) is 27.9 Å². The molecule has 5 nitrogen and oxygen atoms in total. The molecule has 0 saturated heterocycles. The number of benzene rings is 2. The van der Waals surface area contributed by atoms with Crippen LogP contribution in [0.2, 0.25) is 0 Å². The van der Waals surface area contributed by atoms with Crippen LogP contribution in [0.5, 0.6) is 0 Å². The van der Waals surface area contributed by atoms with Gasteiger partial charge in [0.2, 0.25) is 5.91 Å². The van der Waals surface area contributed by atoms with E-state index in [1.54, 1.807) is 18.2 Å². The molecular formula is C20H18FN3O2S. The number of nitrogens with one attached hydrogen (secondary N) is 2. The average Bonchev–Trinajstić information content (AvgIpc) is 2.62. The van der Waals surface area contributed by atoms with Crippen LogP contribution >= 0.6 is 11.8 Å². The summed E-state index contributed by atoms with van der Waals surface area (Å²) in [5.74, 6) is -0.239. The summed E-state index contributed by atoms with van der Waals surface area (Å²) in [6, 6.07) is 15.2. The number of carbonyl (C=O) groups is 1. The SMILES string of the molecule is Cc1ccc(NC(=O)Cc2cc(=O)[nH]c(SCc3ccccc3F)n2)cc1. The predicted octanol–water partition coefficient (Wildman–Crippen LogP) is 3.69. The van der Waals surface area contributed by atoms with Crippen molar-refractivity contribution >= 4 is 23.4 Å². The Morgan fingerprint density at radius 3 is 2.67 bits per heavy atom. The third-order valence-corrected chi connectivity index (χ3v) is 4.69. The highest BCUT2D eigenvalue weighted by atomic mass is 32.2. The highest BCUT2D eigenvalue weighted by molar-refractivity contribution is 7.98. The van der Waals surface area contributed by atoms with Crippen LogP contribution in [-0.2, 0) is 17.0 Å². The van der Waals surface area contributed by atoms with Crippen LogP contribution in [0.25, 0.3) is 0 Å². The standard InChI is InChI=1S/C20H18FN3O2S/c1-13-6-8-15(9-7-13)22-18(25)10-16-11-19(26)24-20(23-16)27-12-14-4-2-3-5-17(14)21/h2-9,11H,10,12H2,1H3,(H,22,25)(H,23,24,26). The lowest BCUT2D eigenvalue weighted by Gasteiger charge is -2.07. The van der Waals surface area contributed by atoms with Crippen molar-refractivity contribution in [3.05, 3.63) is 87.6 Å². The fourth-order valence-electron chi connectivity index (χ4n) is 2.41. The van der Waals surface area contributed by atoms with Gasteiger partial charge in [0.05, 0.1) is 12.1 Å². The van der Waals surface area contributed by atoms with E-state index in [-0.39, 0.29) is 23.7 Å². The van der Waals surface area contributed by atoms with Gasteiger partial charge in [-0.05, 0) is 30.7 Å². The molecule has 0 atom stereocenters. The first-order chi connectivity index (χ1) is 13.0. The van der Waals surface area contributed by atoms with Gasteiger partial charge in [0.25, 0.3) is 5.56 Å². The summed E-state index contributed by atoms with van der Waals surface area (Å²) >= 11 is 1.21. The Morgan fingerprint density at radius 2 is 1.93 bits per heavy atom. The Morgan fingerprint density at radius 1 is 1.19 bits per heavy atom. The molecule has 1 amide bonds. The van der Waals surface area contributed by atoms with Crippen LogP contribution in [0.1, 0.15) is 16.8 Å². The molecule has 1 heterocycles. The Balaban J connectivity index is 1.65. The smallest absolute Gasteiger partial charge is 0.251 e. The number of anilines is 1. The number of aromatic nitrogens is 2. The van der Waals surface area contributed by atoms with Crippen molar-refractivity contribution in [2.75, 3.05) is 5.32 Å². The van der Waals surface area contributed by atoms with Gasteiger partial charge in [0.1, 0.15) is 5.82 Å². The number of thioether (sulfide) groups is 1. The monoisotopic (exact) mass is 383 g/mol. The van der Waals surface area contributed by atoms with E-state index in [0.717, 1.165) is 5.56 Å². The molecule has 27 heavy (non-hydrogen) atoms. The first-order valence-corrected chi connectivity index (χ1v) is 9.31. The maximum atomic E-state index is 13.7.